The summed E-state index contributed by atoms with van der Waals surface area (Å²) in [7, 11) is -3.77. The summed E-state index contributed by atoms with van der Waals surface area (Å²) < 4.78 is 33.6. The van der Waals surface area contributed by atoms with Gasteiger partial charge in [0.05, 0.1) is 10.6 Å². The van der Waals surface area contributed by atoms with Crippen LogP contribution >= 0.6 is 0 Å². The molecule has 4 rings (SSSR count). The molecule has 0 saturated carbocycles. The van der Waals surface area contributed by atoms with Crippen molar-refractivity contribution in [2.45, 2.75) is 31.6 Å². The minimum Gasteiger partial charge on any atom is -0.440 e. The molecule has 0 saturated heterocycles. The van der Waals surface area contributed by atoms with E-state index in [4.69, 9.17) is 4.42 Å². The monoisotopic (exact) mass is 449 g/mol. The normalized spacial score (nSPS) is 11.6. The molecule has 0 aliphatic carbocycles. The molecule has 1 heterocycles. The van der Waals surface area contributed by atoms with Gasteiger partial charge in [0.25, 0.3) is 15.9 Å². The number of amides is 1. The molecule has 0 unspecified atom stereocenters. The van der Waals surface area contributed by atoms with Crippen molar-refractivity contribution in [3.63, 3.8) is 0 Å². The Bertz CT molecular complexity index is 1390. The Kier molecular flexibility index (Phi) is 5.71. The first-order chi connectivity index (χ1) is 15.2. The van der Waals surface area contributed by atoms with Crippen LogP contribution in [0.1, 0.15) is 41.6 Å². The molecule has 0 atom stereocenters. The summed E-state index contributed by atoms with van der Waals surface area (Å²) >= 11 is 0. The van der Waals surface area contributed by atoms with Crippen LogP contribution in [0.5, 0.6) is 0 Å². The highest BCUT2D eigenvalue weighted by Crippen LogP contribution is 2.24. The first kappa shape index (κ1) is 21.6. The number of hydrogen-bond acceptors (Lipinski definition) is 5. The molecule has 3 aromatic carbocycles. The van der Waals surface area contributed by atoms with E-state index >= 15 is 0 Å². The van der Waals surface area contributed by atoms with Gasteiger partial charge in [0, 0.05) is 17.2 Å². The van der Waals surface area contributed by atoms with Crippen LogP contribution < -0.4 is 10.0 Å². The van der Waals surface area contributed by atoms with Crippen LogP contribution in [0.3, 0.4) is 0 Å². The van der Waals surface area contributed by atoms with E-state index in [1.165, 1.54) is 24.3 Å². The average Bonchev–Trinajstić information content (AvgIpc) is 3.19. The Hall–Kier alpha value is -3.65. The van der Waals surface area contributed by atoms with Gasteiger partial charge >= 0.3 is 0 Å². The number of aryl methyl sites for hydroxylation is 1. The minimum absolute atomic E-state index is 0.0718. The second-order valence-electron chi connectivity index (χ2n) is 7.79. The molecule has 0 fully saturated rings. The summed E-state index contributed by atoms with van der Waals surface area (Å²) in [5.41, 5.74) is 3.56. The van der Waals surface area contributed by atoms with Gasteiger partial charge in [-0.3, -0.25) is 9.52 Å². The molecule has 0 bridgehead atoms. The molecule has 4 aromatic rings. The zero-order valence-electron chi connectivity index (χ0n) is 17.9. The summed E-state index contributed by atoms with van der Waals surface area (Å²) in [4.78, 5) is 17.2. The predicted molar refractivity (Wildman–Crippen MR) is 124 cm³/mol. The lowest BCUT2D eigenvalue weighted by Gasteiger charge is -2.11. The molecular weight excluding hydrogens is 426 g/mol. The number of carbonyl (C=O) groups excluding carboxylic acids is 1. The molecule has 164 valence electrons. The lowest BCUT2D eigenvalue weighted by molar-refractivity contribution is 0.102. The maximum Gasteiger partial charge on any atom is 0.261 e. The molecule has 8 heteroatoms. The van der Waals surface area contributed by atoms with Crippen molar-refractivity contribution in [3.8, 4) is 0 Å². The minimum atomic E-state index is -3.77. The number of rotatable bonds is 6. The Labute approximate surface area is 186 Å². The molecule has 1 amide bonds. The first-order valence-electron chi connectivity index (χ1n) is 10.1. The second kappa shape index (κ2) is 8.47. The van der Waals surface area contributed by atoms with Crippen molar-refractivity contribution in [3.05, 3.63) is 83.7 Å². The molecule has 32 heavy (non-hydrogen) atoms. The van der Waals surface area contributed by atoms with Gasteiger partial charge in [-0.05, 0) is 61.0 Å². The fraction of sp³-hybridized carbons (Fsp3) is 0.167. The lowest BCUT2D eigenvalue weighted by Crippen LogP contribution is -2.15. The quantitative estimate of drug-likeness (QED) is 0.415. The molecule has 0 aliphatic heterocycles. The topological polar surface area (TPSA) is 101 Å². The number of hydrogen-bond donors (Lipinski definition) is 2. The maximum absolute atomic E-state index is 12.7. The van der Waals surface area contributed by atoms with Gasteiger partial charge in [-0.2, -0.15) is 0 Å². The largest absolute Gasteiger partial charge is 0.440 e. The number of oxazole rings is 1. The van der Waals surface area contributed by atoms with E-state index in [1.807, 2.05) is 32.9 Å². The van der Waals surface area contributed by atoms with Crippen LogP contribution in [0, 0.1) is 6.92 Å². The van der Waals surface area contributed by atoms with Gasteiger partial charge in [0.1, 0.15) is 5.52 Å². The Morgan fingerprint density at radius 1 is 1.00 bits per heavy atom. The van der Waals surface area contributed by atoms with E-state index < -0.39 is 10.0 Å². The van der Waals surface area contributed by atoms with Crippen molar-refractivity contribution in [1.29, 1.82) is 0 Å². The number of anilines is 2. The van der Waals surface area contributed by atoms with Gasteiger partial charge in [0.2, 0.25) is 0 Å². The summed E-state index contributed by atoms with van der Waals surface area (Å²) in [5, 5.41) is 2.81. The zero-order valence-corrected chi connectivity index (χ0v) is 18.7. The van der Waals surface area contributed by atoms with Gasteiger partial charge in [-0.1, -0.05) is 32.0 Å². The number of carbonyl (C=O) groups is 1. The van der Waals surface area contributed by atoms with Crippen LogP contribution in [0.2, 0.25) is 0 Å². The van der Waals surface area contributed by atoms with Crippen molar-refractivity contribution in [2.75, 3.05) is 10.0 Å². The van der Waals surface area contributed by atoms with E-state index in [9.17, 15) is 13.2 Å². The lowest BCUT2D eigenvalue weighted by atomic mass is 10.2. The van der Waals surface area contributed by atoms with E-state index in [-0.39, 0.29) is 16.7 Å². The van der Waals surface area contributed by atoms with E-state index in [0.29, 0.717) is 33.9 Å². The van der Waals surface area contributed by atoms with Gasteiger partial charge in [0.15, 0.2) is 11.5 Å². The van der Waals surface area contributed by atoms with Gasteiger partial charge in [-0.25, -0.2) is 13.4 Å². The summed E-state index contributed by atoms with van der Waals surface area (Å²) in [5.74, 6) is 0.447. The highest BCUT2D eigenvalue weighted by Gasteiger charge is 2.17. The SMILES string of the molecule is Cc1ccccc1NS(=O)(=O)c1ccc(C(=O)Nc2ccc3oc(C(C)C)nc3c2)cc1. The van der Waals surface area contributed by atoms with Crippen LogP contribution in [0.4, 0.5) is 11.4 Å². The summed E-state index contributed by atoms with van der Waals surface area (Å²) in [6, 6.07) is 18.1. The maximum atomic E-state index is 12.7. The highest BCUT2D eigenvalue weighted by atomic mass is 32.2. The zero-order chi connectivity index (χ0) is 22.9. The Morgan fingerprint density at radius 3 is 2.41 bits per heavy atom. The Morgan fingerprint density at radius 2 is 1.72 bits per heavy atom. The number of para-hydroxylation sites is 1. The van der Waals surface area contributed by atoms with Gasteiger partial charge < -0.3 is 9.73 Å². The van der Waals surface area contributed by atoms with Crippen molar-refractivity contribution in [2.24, 2.45) is 0 Å². The highest BCUT2D eigenvalue weighted by molar-refractivity contribution is 7.92. The van der Waals surface area contributed by atoms with E-state index in [0.717, 1.165) is 5.56 Å². The van der Waals surface area contributed by atoms with Crippen molar-refractivity contribution >= 4 is 38.4 Å². The van der Waals surface area contributed by atoms with Crippen LogP contribution in [0.25, 0.3) is 11.1 Å². The Balaban J connectivity index is 1.49. The predicted octanol–water partition coefficient (Wildman–Crippen LogP) is 5.31. The second-order valence-corrected chi connectivity index (χ2v) is 9.47. The van der Waals surface area contributed by atoms with E-state index in [1.54, 1.807) is 30.3 Å². The van der Waals surface area contributed by atoms with Gasteiger partial charge in [-0.15, -0.1) is 0 Å². The first-order valence-corrected chi connectivity index (χ1v) is 11.6. The molecular formula is C24H23N3O4S. The third kappa shape index (κ3) is 4.50. The molecule has 0 spiro atoms. The fourth-order valence-electron chi connectivity index (χ4n) is 3.15. The third-order valence-electron chi connectivity index (χ3n) is 4.97. The number of fused-ring (bicyclic) bond motifs is 1. The average molecular weight is 450 g/mol. The summed E-state index contributed by atoms with van der Waals surface area (Å²) in [6.07, 6.45) is 0. The number of benzene rings is 3. The van der Waals surface area contributed by atoms with Crippen molar-refractivity contribution < 1.29 is 17.6 Å². The standard InChI is InChI=1S/C24H23N3O4S/c1-15(2)24-26-21-14-18(10-13-22(21)31-24)25-23(28)17-8-11-19(12-9-17)32(29,30)27-20-7-5-4-6-16(20)3/h4-15,27H,1-3H3,(H,25,28). The number of nitrogens with zero attached hydrogens (tertiary/aromatic N) is 1. The fourth-order valence-corrected chi connectivity index (χ4v) is 4.28. The molecule has 2 N–H and O–H groups in total. The van der Waals surface area contributed by atoms with Crippen molar-refractivity contribution in [1.82, 2.24) is 4.98 Å². The number of nitrogens with one attached hydrogen (secondary N) is 2. The smallest absolute Gasteiger partial charge is 0.261 e. The molecule has 0 aliphatic rings. The number of aromatic nitrogens is 1. The molecule has 1 aromatic heterocycles. The molecule has 7 nitrogen and oxygen atoms in total. The van der Waals surface area contributed by atoms with Crippen LogP contribution in [0.15, 0.2) is 76.0 Å². The van der Waals surface area contributed by atoms with Crippen LogP contribution in [-0.4, -0.2) is 19.3 Å². The third-order valence-corrected chi connectivity index (χ3v) is 6.35. The van der Waals surface area contributed by atoms with E-state index in [2.05, 4.69) is 15.0 Å². The van der Waals surface area contributed by atoms with Crippen LogP contribution in [-0.2, 0) is 10.0 Å². The summed E-state index contributed by atoms with van der Waals surface area (Å²) in [6.45, 7) is 5.81. The molecule has 0 radical (unpaired) electrons. The number of sulfonamides is 1.